The molecule has 0 aromatic rings. The molecule has 1 amide bonds. The summed E-state index contributed by atoms with van der Waals surface area (Å²) in [7, 11) is 2.10. The number of amides is 1. The first-order valence-electron chi connectivity index (χ1n) is 6.02. The summed E-state index contributed by atoms with van der Waals surface area (Å²) in [4.78, 5) is 13.8. The summed E-state index contributed by atoms with van der Waals surface area (Å²) in [5, 5.41) is 2.72. The van der Waals surface area contributed by atoms with Gasteiger partial charge in [-0.3, -0.25) is 4.79 Å². The molecule has 0 aromatic carbocycles. The number of rotatable bonds is 7. The minimum absolute atomic E-state index is 0.0468. The molecule has 0 aliphatic carbocycles. The summed E-state index contributed by atoms with van der Waals surface area (Å²) < 4.78 is 0. The van der Waals surface area contributed by atoms with Gasteiger partial charge in [-0.25, -0.2) is 0 Å². The van der Waals surface area contributed by atoms with Gasteiger partial charge >= 0.3 is 0 Å². The number of thiol groups is 1. The van der Waals surface area contributed by atoms with Gasteiger partial charge in [0.1, 0.15) is 0 Å². The Morgan fingerprint density at radius 1 is 1.31 bits per heavy atom. The van der Waals surface area contributed by atoms with Gasteiger partial charge in [0.05, 0.1) is 5.25 Å². The second kappa shape index (κ2) is 7.96. The monoisotopic (exact) mass is 246 g/mol. The highest BCUT2D eigenvalue weighted by Gasteiger charge is 2.16. The first-order valence-corrected chi connectivity index (χ1v) is 6.54. The van der Waals surface area contributed by atoms with Crippen molar-refractivity contribution in [3.8, 4) is 0 Å². The number of nitrogens with zero attached hydrogens (tertiary/aromatic N) is 1. The highest BCUT2D eigenvalue weighted by Crippen LogP contribution is 2.08. The van der Waals surface area contributed by atoms with Gasteiger partial charge < -0.3 is 10.2 Å². The van der Waals surface area contributed by atoms with E-state index in [0.717, 1.165) is 19.5 Å². The van der Waals surface area contributed by atoms with Gasteiger partial charge in [-0.15, -0.1) is 0 Å². The molecule has 0 saturated heterocycles. The molecular formula is C12H26N2OS. The molecule has 0 aromatic heterocycles. The molecule has 96 valence electrons. The normalized spacial score (nSPS) is 13.6. The third-order valence-electron chi connectivity index (χ3n) is 2.77. The molecule has 16 heavy (non-hydrogen) atoms. The zero-order valence-electron chi connectivity index (χ0n) is 11.2. The molecule has 0 aliphatic rings. The van der Waals surface area contributed by atoms with E-state index in [0.29, 0.717) is 6.04 Å². The first kappa shape index (κ1) is 15.8. The van der Waals surface area contributed by atoms with E-state index in [1.54, 1.807) is 0 Å². The number of hydrogen-bond donors (Lipinski definition) is 2. The lowest BCUT2D eigenvalue weighted by atomic mass is 10.1. The first-order chi connectivity index (χ1) is 7.36. The lowest BCUT2D eigenvalue weighted by molar-refractivity contribution is -0.121. The molecule has 0 bridgehead atoms. The molecule has 0 fully saturated rings. The highest BCUT2D eigenvalue weighted by atomic mass is 32.1. The molecule has 0 spiro atoms. The van der Waals surface area contributed by atoms with Crippen molar-refractivity contribution in [1.82, 2.24) is 10.2 Å². The third-order valence-corrected chi connectivity index (χ3v) is 3.60. The largest absolute Gasteiger partial charge is 0.355 e. The van der Waals surface area contributed by atoms with E-state index in [1.807, 2.05) is 13.8 Å². The van der Waals surface area contributed by atoms with Crippen LogP contribution in [0.4, 0.5) is 0 Å². The Labute approximate surface area is 105 Å². The van der Waals surface area contributed by atoms with E-state index < -0.39 is 0 Å². The summed E-state index contributed by atoms with van der Waals surface area (Å²) >= 11 is 4.27. The molecule has 0 aliphatic heterocycles. The van der Waals surface area contributed by atoms with E-state index in [4.69, 9.17) is 0 Å². The van der Waals surface area contributed by atoms with E-state index >= 15 is 0 Å². The molecular weight excluding hydrogens is 220 g/mol. The number of carbonyl (C=O) groups is 1. The second-order valence-electron chi connectivity index (χ2n) is 4.91. The molecule has 1 atom stereocenters. The number of nitrogens with one attached hydrogen (secondary N) is 1. The Kier molecular flexibility index (Phi) is 7.85. The standard InChI is InChI=1S/C12H26N2OS/c1-9(2)11(16)12(15)13-7-6-8-14(5)10(3)4/h9-11,16H,6-8H2,1-5H3,(H,13,15). The van der Waals surface area contributed by atoms with Gasteiger partial charge in [-0.05, 0) is 39.8 Å². The Balaban J connectivity index is 3.63. The number of hydrogen-bond acceptors (Lipinski definition) is 3. The average Bonchev–Trinajstić information content (AvgIpc) is 2.22. The third kappa shape index (κ3) is 6.38. The van der Waals surface area contributed by atoms with Crippen LogP contribution in [-0.4, -0.2) is 42.2 Å². The van der Waals surface area contributed by atoms with Crippen molar-refractivity contribution < 1.29 is 4.79 Å². The van der Waals surface area contributed by atoms with Gasteiger partial charge in [0.15, 0.2) is 0 Å². The molecule has 0 radical (unpaired) electrons. The van der Waals surface area contributed by atoms with Crippen molar-refractivity contribution in [1.29, 1.82) is 0 Å². The topological polar surface area (TPSA) is 32.3 Å². The molecule has 1 unspecified atom stereocenters. The summed E-state index contributed by atoms with van der Waals surface area (Å²) in [6.07, 6.45) is 0.985. The van der Waals surface area contributed by atoms with E-state index in [2.05, 4.69) is 43.7 Å². The van der Waals surface area contributed by atoms with Gasteiger partial charge in [-0.2, -0.15) is 12.6 Å². The van der Waals surface area contributed by atoms with Crippen molar-refractivity contribution in [3.05, 3.63) is 0 Å². The molecule has 0 saturated carbocycles. The van der Waals surface area contributed by atoms with Gasteiger partial charge in [0, 0.05) is 12.6 Å². The van der Waals surface area contributed by atoms with Crippen LogP contribution in [-0.2, 0) is 4.79 Å². The van der Waals surface area contributed by atoms with Gasteiger partial charge in [0.2, 0.25) is 5.91 Å². The van der Waals surface area contributed by atoms with Crippen LogP contribution in [0.3, 0.4) is 0 Å². The van der Waals surface area contributed by atoms with E-state index in [1.165, 1.54) is 0 Å². The van der Waals surface area contributed by atoms with Crippen LogP contribution in [0.25, 0.3) is 0 Å². The lowest BCUT2D eigenvalue weighted by Crippen LogP contribution is -2.36. The fourth-order valence-electron chi connectivity index (χ4n) is 1.21. The minimum atomic E-state index is -0.192. The molecule has 0 heterocycles. The summed E-state index contributed by atoms with van der Waals surface area (Å²) in [5.74, 6) is 0.326. The Morgan fingerprint density at radius 3 is 2.31 bits per heavy atom. The molecule has 4 heteroatoms. The van der Waals surface area contributed by atoms with Crippen LogP contribution in [0.15, 0.2) is 0 Å². The minimum Gasteiger partial charge on any atom is -0.355 e. The Bertz CT molecular complexity index is 207. The van der Waals surface area contributed by atoms with Gasteiger partial charge in [-0.1, -0.05) is 13.8 Å². The van der Waals surface area contributed by atoms with Crippen LogP contribution in [0, 0.1) is 5.92 Å². The fraction of sp³-hybridized carbons (Fsp3) is 0.917. The fourth-order valence-corrected chi connectivity index (χ4v) is 1.30. The maximum absolute atomic E-state index is 11.6. The van der Waals surface area contributed by atoms with Crippen molar-refractivity contribution >= 4 is 18.5 Å². The average molecular weight is 246 g/mol. The predicted molar refractivity (Wildman–Crippen MR) is 73.0 cm³/mol. The summed E-state index contributed by atoms with van der Waals surface area (Å²) in [6, 6.07) is 0.559. The van der Waals surface area contributed by atoms with Crippen LogP contribution < -0.4 is 5.32 Å². The Hall–Kier alpha value is -0.220. The molecule has 3 nitrogen and oxygen atoms in total. The highest BCUT2D eigenvalue weighted by molar-refractivity contribution is 7.81. The van der Waals surface area contributed by atoms with Crippen LogP contribution >= 0.6 is 12.6 Å². The molecule has 0 rings (SSSR count). The van der Waals surface area contributed by atoms with Crippen molar-refractivity contribution in [2.75, 3.05) is 20.1 Å². The maximum Gasteiger partial charge on any atom is 0.233 e. The zero-order valence-corrected chi connectivity index (χ0v) is 12.1. The van der Waals surface area contributed by atoms with Crippen LogP contribution in [0.1, 0.15) is 34.1 Å². The smallest absolute Gasteiger partial charge is 0.233 e. The second-order valence-corrected chi connectivity index (χ2v) is 5.46. The Morgan fingerprint density at radius 2 is 1.88 bits per heavy atom. The van der Waals surface area contributed by atoms with E-state index in [-0.39, 0.29) is 17.1 Å². The number of carbonyl (C=O) groups excluding carboxylic acids is 1. The van der Waals surface area contributed by atoms with Gasteiger partial charge in [0.25, 0.3) is 0 Å². The van der Waals surface area contributed by atoms with Crippen molar-refractivity contribution in [2.45, 2.75) is 45.4 Å². The lowest BCUT2D eigenvalue weighted by Gasteiger charge is -2.21. The maximum atomic E-state index is 11.6. The summed E-state index contributed by atoms with van der Waals surface area (Å²) in [6.45, 7) is 10.1. The van der Waals surface area contributed by atoms with Crippen LogP contribution in [0.5, 0.6) is 0 Å². The van der Waals surface area contributed by atoms with Crippen molar-refractivity contribution in [3.63, 3.8) is 0 Å². The van der Waals surface area contributed by atoms with E-state index in [9.17, 15) is 4.79 Å². The SMILES string of the molecule is CC(C)C(S)C(=O)NCCCN(C)C(C)C. The molecule has 1 N–H and O–H groups in total. The quantitative estimate of drug-likeness (QED) is 0.530. The van der Waals surface area contributed by atoms with Crippen molar-refractivity contribution in [2.24, 2.45) is 5.92 Å². The summed E-state index contributed by atoms with van der Waals surface area (Å²) in [5.41, 5.74) is 0. The van der Waals surface area contributed by atoms with Crippen LogP contribution in [0.2, 0.25) is 0 Å². The predicted octanol–water partition coefficient (Wildman–Crippen LogP) is 1.79. The zero-order chi connectivity index (χ0) is 12.7.